The molecule has 0 spiro atoms. The molecule has 1 aromatic carbocycles. The lowest BCUT2D eigenvalue weighted by Gasteiger charge is -2.35. The van der Waals surface area contributed by atoms with Crippen LogP contribution in [0.4, 0.5) is 0 Å². The van der Waals surface area contributed by atoms with E-state index < -0.39 is 0 Å². The average molecular weight is 484 g/mol. The predicted molar refractivity (Wildman–Crippen MR) is 121 cm³/mol. The van der Waals surface area contributed by atoms with Crippen molar-refractivity contribution < 1.29 is 4.79 Å². The number of nitrogens with one attached hydrogen (secondary N) is 1. The van der Waals surface area contributed by atoms with Crippen molar-refractivity contribution in [3.8, 4) is 0 Å². The van der Waals surface area contributed by atoms with E-state index >= 15 is 0 Å². The molecule has 0 radical (unpaired) electrons. The highest BCUT2D eigenvalue weighted by molar-refractivity contribution is 14.0. The summed E-state index contributed by atoms with van der Waals surface area (Å²) in [7, 11) is 0. The summed E-state index contributed by atoms with van der Waals surface area (Å²) >= 11 is 0. The van der Waals surface area contributed by atoms with Crippen molar-refractivity contribution in [2.45, 2.75) is 45.4 Å². The number of nitrogens with two attached hydrogens (primary N) is 1. The first-order valence-electron chi connectivity index (χ1n) is 9.96. The van der Waals surface area contributed by atoms with Crippen LogP contribution in [-0.2, 0) is 11.2 Å². The maximum Gasteiger partial charge on any atom is 0.217 e. The van der Waals surface area contributed by atoms with E-state index in [4.69, 9.17) is 10.7 Å². The Hall–Kier alpha value is -1.31. The Morgan fingerprint density at radius 3 is 2.70 bits per heavy atom. The van der Waals surface area contributed by atoms with E-state index in [1.54, 1.807) is 0 Å². The van der Waals surface area contributed by atoms with E-state index in [1.807, 2.05) is 0 Å². The van der Waals surface area contributed by atoms with Gasteiger partial charge in [-0.1, -0.05) is 30.3 Å². The summed E-state index contributed by atoms with van der Waals surface area (Å²) in [5.74, 6) is 1.16. The van der Waals surface area contributed by atoms with Crippen molar-refractivity contribution in [3.63, 3.8) is 0 Å². The number of likely N-dealkylation sites (tertiary alicyclic amines) is 1. The van der Waals surface area contributed by atoms with Gasteiger partial charge in [-0.05, 0) is 55.9 Å². The molecule has 2 aliphatic rings. The molecule has 5 nitrogen and oxygen atoms in total. The van der Waals surface area contributed by atoms with Crippen LogP contribution in [0.25, 0.3) is 0 Å². The van der Waals surface area contributed by atoms with Crippen LogP contribution in [0.3, 0.4) is 0 Å². The molecule has 1 saturated heterocycles. The van der Waals surface area contributed by atoms with E-state index in [9.17, 15) is 4.79 Å². The number of nitrogens with zero attached hydrogens (tertiary/aromatic N) is 2. The Morgan fingerprint density at radius 1 is 1.33 bits per heavy atom. The second-order valence-corrected chi connectivity index (χ2v) is 7.96. The number of benzene rings is 1. The lowest BCUT2D eigenvalue weighted by atomic mass is 9.94. The molecule has 1 aliphatic heterocycles. The molecular formula is C21H33IN4O. The first-order chi connectivity index (χ1) is 12.6. The summed E-state index contributed by atoms with van der Waals surface area (Å²) in [6.45, 7) is 5.73. The fourth-order valence-electron chi connectivity index (χ4n) is 3.97. The summed E-state index contributed by atoms with van der Waals surface area (Å²) in [4.78, 5) is 18.6. The zero-order chi connectivity index (χ0) is 18.4. The highest BCUT2D eigenvalue weighted by atomic mass is 127. The third-order valence-corrected chi connectivity index (χ3v) is 5.59. The van der Waals surface area contributed by atoms with Crippen LogP contribution in [0.15, 0.2) is 35.3 Å². The molecule has 0 bridgehead atoms. The second kappa shape index (κ2) is 10.3. The third kappa shape index (κ3) is 6.66. The summed E-state index contributed by atoms with van der Waals surface area (Å²) in [5, 5.41) is 3.45. The SMILES string of the molecule is CCNC(=NCC1(Cc2ccccc2)CC1)N1CCCC(CC(N)=O)C1.I. The van der Waals surface area contributed by atoms with Gasteiger partial charge in [-0.15, -0.1) is 24.0 Å². The zero-order valence-electron chi connectivity index (χ0n) is 16.3. The largest absolute Gasteiger partial charge is 0.370 e. The topological polar surface area (TPSA) is 70.7 Å². The van der Waals surface area contributed by atoms with Crippen LogP contribution in [-0.4, -0.2) is 42.9 Å². The minimum atomic E-state index is -0.196. The van der Waals surface area contributed by atoms with Crippen molar-refractivity contribution in [1.29, 1.82) is 0 Å². The Morgan fingerprint density at radius 2 is 2.07 bits per heavy atom. The van der Waals surface area contributed by atoms with Crippen molar-refractivity contribution in [3.05, 3.63) is 35.9 Å². The molecule has 1 aliphatic carbocycles. The maximum absolute atomic E-state index is 11.3. The van der Waals surface area contributed by atoms with Gasteiger partial charge < -0.3 is 16.0 Å². The van der Waals surface area contributed by atoms with Gasteiger partial charge in [0.05, 0.1) is 0 Å². The fourth-order valence-corrected chi connectivity index (χ4v) is 3.97. The van der Waals surface area contributed by atoms with Gasteiger partial charge in [0, 0.05) is 32.6 Å². The average Bonchev–Trinajstić information content (AvgIpc) is 3.39. The van der Waals surface area contributed by atoms with E-state index in [-0.39, 0.29) is 29.9 Å². The van der Waals surface area contributed by atoms with Crippen LogP contribution in [0.5, 0.6) is 0 Å². The molecular weight excluding hydrogens is 451 g/mol. The zero-order valence-corrected chi connectivity index (χ0v) is 18.7. The van der Waals surface area contributed by atoms with Crippen molar-refractivity contribution >= 4 is 35.8 Å². The lowest BCUT2D eigenvalue weighted by molar-refractivity contribution is -0.119. The molecule has 1 unspecified atom stereocenters. The summed E-state index contributed by atoms with van der Waals surface area (Å²) in [5.41, 5.74) is 7.14. The number of guanidine groups is 1. The van der Waals surface area contributed by atoms with Gasteiger partial charge >= 0.3 is 0 Å². The van der Waals surface area contributed by atoms with Crippen molar-refractivity contribution in [2.24, 2.45) is 22.1 Å². The Labute approximate surface area is 180 Å². The minimum absolute atomic E-state index is 0. The second-order valence-electron chi connectivity index (χ2n) is 7.96. The van der Waals surface area contributed by atoms with Crippen molar-refractivity contribution in [2.75, 3.05) is 26.2 Å². The smallest absolute Gasteiger partial charge is 0.217 e. The molecule has 3 rings (SSSR count). The first kappa shape index (κ1) is 22.0. The number of hydrogen-bond acceptors (Lipinski definition) is 2. The highest BCUT2D eigenvalue weighted by Gasteiger charge is 2.42. The van der Waals surface area contributed by atoms with Crippen LogP contribution < -0.4 is 11.1 Å². The van der Waals surface area contributed by atoms with Crippen molar-refractivity contribution in [1.82, 2.24) is 10.2 Å². The van der Waals surface area contributed by atoms with Crippen LogP contribution in [0.1, 0.15) is 44.6 Å². The predicted octanol–water partition coefficient (Wildman–Crippen LogP) is 3.18. The molecule has 1 atom stereocenters. The summed E-state index contributed by atoms with van der Waals surface area (Å²) in [6, 6.07) is 10.7. The number of piperidine rings is 1. The number of halogens is 1. The quantitative estimate of drug-likeness (QED) is 0.355. The van der Waals surface area contributed by atoms with Gasteiger partial charge in [-0.2, -0.15) is 0 Å². The number of rotatable bonds is 7. The fraction of sp³-hybridized carbons (Fsp3) is 0.619. The number of carbonyl (C=O) groups excluding carboxylic acids is 1. The molecule has 1 saturated carbocycles. The van der Waals surface area contributed by atoms with Gasteiger partial charge in [0.2, 0.25) is 5.91 Å². The first-order valence-corrected chi connectivity index (χ1v) is 9.96. The van der Waals surface area contributed by atoms with E-state index in [0.717, 1.165) is 51.4 Å². The maximum atomic E-state index is 11.3. The van der Waals surface area contributed by atoms with Gasteiger partial charge in [0.25, 0.3) is 0 Å². The molecule has 1 heterocycles. The summed E-state index contributed by atoms with van der Waals surface area (Å²) < 4.78 is 0. The molecule has 6 heteroatoms. The van der Waals surface area contributed by atoms with E-state index in [1.165, 1.54) is 18.4 Å². The van der Waals surface area contributed by atoms with Gasteiger partial charge in [0.15, 0.2) is 5.96 Å². The van der Waals surface area contributed by atoms with Crippen LogP contribution in [0.2, 0.25) is 0 Å². The molecule has 150 valence electrons. The molecule has 1 aromatic rings. The van der Waals surface area contributed by atoms with E-state index in [2.05, 4.69) is 47.5 Å². The lowest BCUT2D eigenvalue weighted by Crippen LogP contribution is -2.47. The number of hydrogen-bond donors (Lipinski definition) is 2. The summed E-state index contributed by atoms with van der Waals surface area (Å²) in [6.07, 6.45) is 6.29. The van der Waals surface area contributed by atoms with Gasteiger partial charge in [-0.25, -0.2) is 0 Å². The Balaban J connectivity index is 0.00000261. The Bertz CT molecular complexity index is 630. The minimum Gasteiger partial charge on any atom is -0.370 e. The normalized spacial score (nSPS) is 21.3. The molecule has 1 amide bonds. The van der Waals surface area contributed by atoms with E-state index in [0.29, 0.717) is 17.8 Å². The monoisotopic (exact) mass is 484 g/mol. The van der Waals surface area contributed by atoms with Gasteiger partial charge in [-0.3, -0.25) is 9.79 Å². The third-order valence-electron chi connectivity index (χ3n) is 5.59. The van der Waals surface area contributed by atoms with Crippen LogP contribution in [0, 0.1) is 11.3 Å². The molecule has 3 N–H and O–H groups in total. The standard InChI is InChI=1S/C21H32N4O.HI/c1-2-23-20(25-12-6-9-18(15-25)13-19(22)26)24-16-21(10-11-21)14-17-7-4-3-5-8-17;/h3-5,7-8,18H,2,6,9-16H2,1H3,(H2,22,26)(H,23,24);1H. The van der Waals surface area contributed by atoms with Gasteiger partial charge in [0.1, 0.15) is 0 Å². The molecule has 0 aromatic heterocycles. The number of primary amides is 1. The Kier molecular flexibility index (Phi) is 8.38. The number of amides is 1. The number of aliphatic imine (C=N–C) groups is 1. The number of carbonyl (C=O) groups is 1. The van der Waals surface area contributed by atoms with Crippen LogP contribution >= 0.6 is 24.0 Å². The molecule has 27 heavy (non-hydrogen) atoms. The molecule has 2 fully saturated rings. The highest BCUT2D eigenvalue weighted by Crippen LogP contribution is 2.48.